The molecule has 2 aromatic rings. The van der Waals surface area contributed by atoms with Crippen molar-refractivity contribution in [2.75, 3.05) is 7.05 Å². The van der Waals surface area contributed by atoms with Crippen LogP contribution in [0.4, 0.5) is 4.79 Å². The number of imide groups is 1. The molecule has 4 nitrogen and oxygen atoms in total. The number of urea groups is 1. The summed E-state index contributed by atoms with van der Waals surface area (Å²) in [6.07, 6.45) is 0. The fraction of sp³-hybridized carbons (Fsp3) is 0.125. The van der Waals surface area contributed by atoms with Crippen molar-refractivity contribution in [3.63, 3.8) is 0 Å². The van der Waals surface area contributed by atoms with E-state index >= 15 is 0 Å². The number of rotatable bonds is 3. The Morgan fingerprint density at radius 3 is 2.43 bits per heavy atom. The van der Waals surface area contributed by atoms with Crippen molar-refractivity contribution in [3.8, 4) is 0 Å². The van der Waals surface area contributed by atoms with Gasteiger partial charge < -0.3 is 0 Å². The Morgan fingerprint density at radius 2 is 1.76 bits per heavy atom. The summed E-state index contributed by atoms with van der Waals surface area (Å²) in [7, 11) is 1.62. The third-order valence-corrected chi connectivity index (χ3v) is 3.69. The Kier molecular flexibility index (Phi) is 5.00. The highest BCUT2D eigenvalue weighted by atomic mass is 32.2. The van der Waals surface area contributed by atoms with E-state index in [9.17, 15) is 9.59 Å². The maximum atomic E-state index is 12.0. The molecule has 0 aliphatic carbocycles. The number of carbonyl (C=O) groups excluding carboxylic acids is 2. The first-order valence-corrected chi connectivity index (χ1v) is 7.22. The van der Waals surface area contributed by atoms with Crippen LogP contribution in [0.15, 0.2) is 59.5 Å². The maximum Gasteiger partial charge on any atom is 0.334 e. The van der Waals surface area contributed by atoms with Gasteiger partial charge in [-0.15, -0.1) is 0 Å². The highest BCUT2D eigenvalue weighted by molar-refractivity contribution is 7.97. The first kappa shape index (κ1) is 15.1. The number of nitrogens with one attached hydrogen (secondary N) is 1. The smallest absolute Gasteiger partial charge is 0.273 e. The fourth-order valence-corrected chi connectivity index (χ4v) is 2.44. The lowest BCUT2D eigenvalue weighted by atomic mass is 10.1. The highest BCUT2D eigenvalue weighted by Crippen LogP contribution is 2.20. The first-order valence-electron chi connectivity index (χ1n) is 6.45. The molecule has 3 amide bonds. The second kappa shape index (κ2) is 6.95. The SMILES string of the molecule is Cc1cccc(C(=O)NC(=O)N(C)Sc2ccccc2)c1. The van der Waals surface area contributed by atoms with E-state index in [1.54, 1.807) is 25.2 Å². The quantitative estimate of drug-likeness (QED) is 0.883. The van der Waals surface area contributed by atoms with Crippen LogP contribution in [0.2, 0.25) is 0 Å². The van der Waals surface area contributed by atoms with E-state index < -0.39 is 11.9 Å². The molecule has 0 radical (unpaired) electrons. The lowest BCUT2D eigenvalue weighted by Gasteiger charge is -2.16. The van der Waals surface area contributed by atoms with Crippen LogP contribution in [0.3, 0.4) is 0 Å². The van der Waals surface area contributed by atoms with Gasteiger partial charge in [-0.05, 0) is 43.1 Å². The van der Waals surface area contributed by atoms with Gasteiger partial charge in [0.1, 0.15) is 0 Å². The van der Waals surface area contributed by atoms with Crippen LogP contribution in [0.5, 0.6) is 0 Å². The normalized spacial score (nSPS) is 10.0. The maximum absolute atomic E-state index is 12.0. The van der Waals surface area contributed by atoms with Gasteiger partial charge in [-0.2, -0.15) is 0 Å². The third kappa shape index (κ3) is 4.36. The van der Waals surface area contributed by atoms with Crippen LogP contribution in [0.25, 0.3) is 0 Å². The van der Waals surface area contributed by atoms with Crippen LogP contribution >= 0.6 is 11.9 Å². The van der Waals surface area contributed by atoms with Crippen molar-refractivity contribution in [1.29, 1.82) is 0 Å². The second-order valence-corrected chi connectivity index (χ2v) is 5.73. The predicted molar refractivity (Wildman–Crippen MR) is 84.1 cm³/mol. The molecule has 0 unspecified atom stereocenters. The molecule has 0 aliphatic rings. The van der Waals surface area contributed by atoms with E-state index in [4.69, 9.17) is 0 Å². The summed E-state index contributed by atoms with van der Waals surface area (Å²) in [6, 6.07) is 16.2. The van der Waals surface area contributed by atoms with E-state index in [0.717, 1.165) is 10.5 Å². The molecule has 0 saturated heterocycles. The Hall–Kier alpha value is -2.27. The van der Waals surface area contributed by atoms with Crippen LogP contribution < -0.4 is 5.32 Å². The first-order chi connectivity index (χ1) is 10.1. The van der Waals surface area contributed by atoms with Crippen molar-refractivity contribution in [2.45, 2.75) is 11.8 Å². The number of carbonyl (C=O) groups is 2. The average molecular weight is 300 g/mol. The Balaban J connectivity index is 1.96. The summed E-state index contributed by atoms with van der Waals surface area (Å²) < 4.78 is 1.39. The topological polar surface area (TPSA) is 49.4 Å². The zero-order valence-electron chi connectivity index (χ0n) is 11.9. The van der Waals surface area contributed by atoms with Crippen molar-refractivity contribution in [1.82, 2.24) is 9.62 Å². The molecule has 2 aromatic carbocycles. The number of nitrogens with zero attached hydrogens (tertiary/aromatic N) is 1. The number of hydrogen-bond acceptors (Lipinski definition) is 3. The summed E-state index contributed by atoms with van der Waals surface area (Å²) in [5.74, 6) is -0.399. The van der Waals surface area contributed by atoms with Crippen LogP contribution in [0, 0.1) is 6.92 Å². The molecule has 0 fully saturated rings. The van der Waals surface area contributed by atoms with Gasteiger partial charge in [0.2, 0.25) is 0 Å². The van der Waals surface area contributed by atoms with E-state index in [1.807, 2.05) is 43.3 Å². The van der Waals surface area contributed by atoms with E-state index in [2.05, 4.69) is 5.32 Å². The van der Waals surface area contributed by atoms with E-state index in [1.165, 1.54) is 16.3 Å². The fourth-order valence-electron chi connectivity index (χ4n) is 1.72. The summed E-state index contributed by atoms with van der Waals surface area (Å²) in [6.45, 7) is 1.90. The van der Waals surface area contributed by atoms with Gasteiger partial charge in [0, 0.05) is 17.5 Å². The van der Waals surface area contributed by atoms with Crippen LogP contribution in [0.1, 0.15) is 15.9 Å². The molecule has 0 heterocycles. The Morgan fingerprint density at radius 1 is 1.05 bits per heavy atom. The molecular formula is C16H16N2O2S. The summed E-state index contributed by atoms with van der Waals surface area (Å²) in [4.78, 5) is 24.9. The minimum absolute atomic E-state index is 0.399. The lowest BCUT2D eigenvalue weighted by molar-refractivity contribution is 0.0961. The molecule has 0 aliphatic heterocycles. The largest absolute Gasteiger partial charge is 0.334 e. The lowest BCUT2D eigenvalue weighted by Crippen LogP contribution is -2.37. The van der Waals surface area contributed by atoms with Crippen LogP contribution in [-0.2, 0) is 0 Å². The Labute approximate surface area is 128 Å². The second-order valence-electron chi connectivity index (χ2n) is 4.53. The summed E-state index contributed by atoms with van der Waals surface area (Å²) in [5.41, 5.74) is 1.45. The zero-order valence-corrected chi connectivity index (χ0v) is 12.7. The monoisotopic (exact) mass is 300 g/mol. The van der Waals surface area contributed by atoms with Crippen molar-refractivity contribution >= 4 is 23.9 Å². The van der Waals surface area contributed by atoms with Gasteiger partial charge in [-0.1, -0.05) is 35.9 Å². The number of aryl methyl sites for hydroxylation is 1. The molecule has 0 spiro atoms. The molecule has 1 N–H and O–H groups in total. The van der Waals surface area contributed by atoms with Crippen molar-refractivity contribution in [2.24, 2.45) is 0 Å². The molecule has 0 atom stereocenters. The zero-order chi connectivity index (χ0) is 15.2. The molecule has 108 valence electrons. The van der Waals surface area contributed by atoms with Crippen molar-refractivity contribution in [3.05, 3.63) is 65.7 Å². The van der Waals surface area contributed by atoms with Crippen LogP contribution in [-0.4, -0.2) is 23.3 Å². The van der Waals surface area contributed by atoms with Gasteiger partial charge in [-0.3, -0.25) is 14.4 Å². The standard InChI is InChI=1S/C16H16N2O2S/c1-12-7-6-8-13(11-12)15(19)17-16(20)18(2)21-14-9-4-3-5-10-14/h3-11H,1-2H3,(H,17,19,20). The minimum Gasteiger partial charge on any atom is -0.273 e. The predicted octanol–water partition coefficient (Wildman–Crippen LogP) is 3.48. The third-order valence-electron chi connectivity index (χ3n) is 2.77. The van der Waals surface area contributed by atoms with Gasteiger partial charge in [0.05, 0.1) is 0 Å². The number of amides is 3. The molecular weight excluding hydrogens is 284 g/mol. The summed E-state index contributed by atoms with van der Waals surface area (Å²) in [5, 5.41) is 2.37. The minimum atomic E-state index is -0.449. The molecule has 0 saturated carbocycles. The van der Waals surface area contributed by atoms with E-state index in [0.29, 0.717) is 5.56 Å². The Bertz CT molecular complexity index is 644. The number of hydrogen-bond donors (Lipinski definition) is 1. The molecule has 5 heteroatoms. The molecule has 0 aromatic heterocycles. The molecule has 21 heavy (non-hydrogen) atoms. The van der Waals surface area contributed by atoms with Gasteiger partial charge in [0.15, 0.2) is 0 Å². The molecule has 2 rings (SSSR count). The van der Waals surface area contributed by atoms with Gasteiger partial charge in [-0.25, -0.2) is 4.79 Å². The average Bonchev–Trinajstić information content (AvgIpc) is 2.48. The summed E-state index contributed by atoms with van der Waals surface area (Å²) >= 11 is 1.26. The number of benzene rings is 2. The van der Waals surface area contributed by atoms with Gasteiger partial charge in [0.25, 0.3) is 5.91 Å². The van der Waals surface area contributed by atoms with Crippen molar-refractivity contribution < 1.29 is 9.59 Å². The highest BCUT2D eigenvalue weighted by Gasteiger charge is 2.15. The van der Waals surface area contributed by atoms with E-state index in [-0.39, 0.29) is 0 Å². The molecule has 0 bridgehead atoms. The van der Waals surface area contributed by atoms with Gasteiger partial charge >= 0.3 is 6.03 Å².